The van der Waals surface area contributed by atoms with Gasteiger partial charge in [-0.2, -0.15) is 0 Å². The standard InChI is InChI=1S/C23H39N5O2/c1-4-25-23(27-17-19(3)30-21-10-6-5-9-18(21)2)26-13-7-8-14-28-15-11-20(12-16-28)22(24)29/h5-6,9-10,19-20H,4,7-8,11-17H2,1-3H3,(H2,24,29)(H2,25,26,27). The normalized spacial score (nSPS) is 16.8. The van der Waals surface area contributed by atoms with E-state index in [0.29, 0.717) is 6.54 Å². The minimum Gasteiger partial charge on any atom is -0.489 e. The molecular formula is C23H39N5O2. The van der Waals surface area contributed by atoms with Crippen LogP contribution in [-0.2, 0) is 4.79 Å². The van der Waals surface area contributed by atoms with Crippen LogP contribution in [0.15, 0.2) is 29.3 Å². The largest absolute Gasteiger partial charge is 0.489 e. The second-order valence-corrected chi connectivity index (χ2v) is 8.07. The molecule has 1 aliphatic heterocycles. The van der Waals surface area contributed by atoms with Gasteiger partial charge >= 0.3 is 0 Å². The zero-order valence-corrected chi connectivity index (χ0v) is 18.8. The molecule has 0 spiro atoms. The van der Waals surface area contributed by atoms with Crippen LogP contribution in [0.25, 0.3) is 0 Å². The van der Waals surface area contributed by atoms with Crippen molar-refractivity contribution >= 4 is 11.9 Å². The van der Waals surface area contributed by atoms with E-state index in [0.717, 1.165) is 75.7 Å². The first-order valence-corrected chi connectivity index (χ1v) is 11.3. The monoisotopic (exact) mass is 417 g/mol. The number of para-hydroxylation sites is 1. The summed E-state index contributed by atoms with van der Waals surface area (Å²) >= 11 is 0. The highest BCUT2D eigenvalue weighted by Gasteiger charge is 2.22. The molecule has 0 aliphatic carbocycles. The van der Waals surface area contributed by atoms with Crippen LogP contribution in [0.5, 0.6) is 5.75 Å². The Bertz CT molecular complexity index is 671. The first kappa shape index (κ1) is 24.0. The fourth-order valence-corrected chi connectivity index (χ4v) is 3.61. The first-order valence-electron chi connectivity index (χ1n) is 11.3. The van der Waals surface area contributed by atoms with Gasteiger partial charge in [0.15, 0.2) is 5.96 Å². The van der Waals surface area contributed by atoms with Crippen LogP contribution in [0.3, 0.4) is 0 Å². The van der Waals surface area contributed by atoms with Gasteiger partial charge in [0.2, 0.25) is 5.91 Å². The zero-order chi connectivity index (χ0) is 21.8. The van der Waals surface area contributed by atoms with E-state index in [-0.39, 0.29) is 17.9 Å². The number of aryl methyl sites for hydroxylation is 1. The lowest BCUT2D eigenvalue weighted by atomic mass is 9.96. The van der Waals surface area contributed by atoms with Crippen LogP contribution in [0.1, 0.15) is 45.1 Å². The highest BCUT2D eigenvalue weighted by atomic mass is 16.5. The number of hydrogen-bond donors (Lipinski definition) is 3. The Hall–Kier alpha value is -2.28. The molecule has 1 heterocycles. The number of carbonyl (C=O) groups is 1. The van der Waals surface area contributed by atoms with E-state index in [9.17, 15) is 4.79 Å². The van der Waals surface area contributed by atoms with Gasteiger partial charge in [0.25, 0.3) is 0 Å². The highest BCUT2D eigenvalue weighted by Crippen LogP contribution is 2.18. The molecule has 168 valence electrons. The van der Waals surface area contributed by atoms with E-state index < -0.39 is 0 Å². The minimum atomic E-state index is -0.146. The molecule has 2 rings (SSSR count). The number of primary amides is 1. The second-order valence-electron chi connectivity index (χ2n) is 8.07. The molecule has 0 radical (unpaired) electrons. The number of unbranched alkanes of at least 4 members (excludes halogenated alkanes) is 1. The van der Waals surface area contributed by atoms with Crippen LogP contribution >= 0.6 is 0 Å². The molecule has 0 bridgehead atoms. The maximum Gasteiger partial charge on any atom is 0.220 e. The van der Waals surface area contributed by atoms with Crippen molar-refractivity contribution in [1.29, 1.82) is 0 Å². The quantitative estimate of drug-likeness (QED) is 0.292. The highest BCUT2D eigenvalue weighted by molar-refractivity contribution is 5.79. The summed E-state index contributed by atoms with van der Waals surface area (Å²) in [4.78, 5) is 18.4. The second kappa shape index (κ2) is 13.1. The van der Waals surface area contributed by atoms with Crippen LogP contribution < -0.4 is 21.1 Å². The third-order valence-corrected chi connectivity index (χ3v) is 5.46. The number of nitrogens with one attached hydrogen (secondary N) is 2. The van der Waals surface area contributed by atoms with Crippen LogP contribution in [0.4, 0.5) is 0 Å². The molecule has 1 amide bonds. The molecule has 7 nitrogen and oxygen atoms in total. The number of ether oxygens (including phenoxy) is 1. The number of rotatable bonds is 11. The van der Waals surface area contributed by atoms with E-state index in [4.69, 9.17) is 10.5 Å². The Kier molecular flexibility index (Phi) is 10.5. The van der Waals surface area contributed by atoms with Gasteiger partial charge in [-0.1, -0.05) is 18.2 Å². The van der Waals surface area contributed by atoms with E-state index in [1.807, 2.05) is 25.1 Å². The Morgan fingerprint density at radius 1 is 1.27 bits per heavy atom. The van der Waals surface area contributed by atoms with E-state index in [1.165, 1.54) is 0 Å². The summed E-state index contributed by atoms with van der Waals surface area (Å²) in [6.07, 6.45) is 4.00. The molecule has 0 saturated carbocycles. The fourth-order valence-electron chi connectivity index (χ4n) is 3.61. The van der Waals surface area contributed by atoms with Crippen LogP contribution in [0, 0.1) is 12.8 Å². The van der Waals surface area contributed by atoms with Gasteiger partial charge in [0.05, 0.1) is 6.54 Å². The summed E-state index contributed by atoms with van der Waals surface area (Å²) in [6.45, 7) is 11.5. The average Bonchev–Trinajstić information content (AvgIpc) is 2.73. The lowest BCUT2D eigenvalue weighted by Crippen LogP contribution is -2.40. The Morgan fingerprint density at radius 2 is 2.00 bits per heavy atom. The maximum absolute atomic E-state index is 11.2. The van der Waals surface area contributed by atoms with Crippen molar-refractivity contribution in [2.75, 3.05) is 39.3 Å². The number of carbonyl (C=O) groups excluding carboxylic acids is 1. The minimum absolute atomic E-state index is 0.00452. The lowest BCUT2D eigenvalue weighted by molar-refractivity contribution is -0.123. The van der Waals surface area contributed by atoms with Gasteiger partial charge in [-0.3, -0.25) is 4.79 Å². The predicted molar refractivity (Wildman–Crippen MR) is 123 cm³/mol. The summed E-state index contributed by atoms with van der Waals surface area (Å²) in [5, 5.41) is 6.71. The van der Waals surface area contributed by atoms with Crippen molar-refractivity contribution in [2.24, 2.45) is 16.6 Å². The van der Waals surface area contributed by atoms with Crippen LogP contribution in [0.2, 0.25) is 0 Å². The number of piperidine rings is 1. The smallest absolute Gasteiger partial charge is 0.220 e. The van der Waals surface area contributed by atoms with Crippen LogP contribution in [-0.4, -0.2) is 62.1 Å². The van der Waals surface area contributed by atoms with Crippen molar-refractivity contribution in [3.8, 4) is 5.75 Å². The average molecular weight is 418 g/mol. The Morgan fingerprint density at radius 3 is 2.67 bits per heavy atom. The van der Waals surface area contributed by atoms with Gasteiger partial charge in [-0.15, -0.1) is 0 Å². The molecule has 1 saturated heterocycles. The molecule has 7 heteroatoms. The van der Waals surface area contributed by atoms with E-state index in [1.54, 1.807) is 0 Å². The number of likely N-dealkylation sites (tertiary alicyclic amines) is 1. The number of nitrogens with two attached hydrogens (primary N) is 1. The van der Waals surface area contributed by atoms with Gasteiger partial charge in [0.1, 0.15) is 11.9 Å². The summed E-state index contributed by atoms with van der Waals surface area (Å²) < 4.78 is 6.01. The predicted octanol–water partition coefficient (Wildman–Crippen LogP) is 2.29. The number of aliphatic imine (C=N–C) groups is 1. The molecule has 1 aromatic rings. The number of hydrogen-bond acceptors (Lipinski definition) is 4. The molecule has 0 aromatic heterocycles. The zero-order valence-electron chi connectivity index (χ0n) is 18.8. The summed E-state index contributed by atoms with van der Waals surface area (Å²) in [6, 6.07) is 8.05. The lowest BCUT2D eigenvalue weighted by Gasteiger charge is -2.30. The molecule has 1 aliphatic rings. The van der Waals surface area contributed by atoms with E-state index >= 15 is 0 Å². The number of amides is 1. The number of nitrogens with zero attached hydrogens (tertiary/aromatic N) is 2. The number of benzene rings is 1. The molecule has 1 unspecified atom stereocenters. The third-order valence-electron chi connectivity index (χ3n) is 5.46. The van der Waals surface area contributed by atoms with Crippen molar-refractivity contribution in [1.82, 2.24) is 15.5 Å². The van der Waals surface area contributed by atoms with Crippen molar-refractivity contribution in [2.45, 2.75) is 52.6 Å². The Labute approximate surface area is 181 Å². The van der Waals surface area contributed by atoms with Gasteiger partial charge in [0, 0.05) is 19.0 Å². The molecule has 30 heavy (non-hydrogen) atoms. The van der Waals surface area contributed by atoms with Gasteiger partial charge in [-0.05, 0) is 77.7 Å². The van der Waals surface area contributed by atoms with Crippen molar-refractivity contribution in [3.05, 3.63) is 29.8 Å². The van der Waals surface area contributed by atoms with E-state index in [2.05, 4.69) is 40.4 Å². The Balaban J connectivity index is 1.65. The SMILES string of the molecule is CCNC(=NCC(C)Oc1ccccc1C)NCCCCN1CCC(C(N)=O)CC1. The van der Waals surface area contributed by atoms with Gasteiger partial charge < -0.3 is 26.0 Å². The molecule has 1 fully saturated rings. The summed E-state index contributed by atoms with van der Waals surface area (Å²) in [5.74, 6) is 1.67. The first-order chi connectivity index (χ1) is 14.5. The molecular weight excluding hydrogens is 378 g/mol. The van der Waals surface area contributed by atoms with Crippen molar-refractivity contribution in [3.63, 3.8) is 0 Å². The fraction of sp³-hybridized carbons (Fsp3) is 0.652. The van der Waals surface area contributed by atoms with Gasteiger partial charge in [-0.25, -0.2) is 4.99 Å². The molecule has 4 N–H and O–H groups in total. The molecule has 1 atom stereocenters. The third kappa shape index (κ3) is 8.61. The topological polar surface area (TPSA) is 92.0 Å². The summed E-state index contributed by atoms with van der Waals surface area (Å²) in [5.41, 5.74) is 6.54. The maximum atomic E-state index is 11.2. The molecule has 1 aromatic carbocycles. The summed E-state index contributed by atoms with van der Waals surface area (Å²) in [7, 11) is 0. The number of guanidine groups is 1. The van der Waals surface area contributed by atoms with Crippen molar-refractivity contribution < 1.29 is 9.53 Å².